The molecule has 0 aliphatic heterocycles. The van der Waals surface area contributed by atoms with Crippen LogP contribution in [-0.4, -0.2) is 5.78 Å². The van der Waals surface area contributed by atoms with E-state index in [1.807, 2.05) is 12.1 Å². The van der Waals surface area contributed by atoms with Gasteiger partial charge in [-0.1, -0.05) is 43.5 Å². The molecule has 0 amide bonds. The molecule has 1 saturated carbocycles. The fourth-order valence-corrected chi connectivity index (χ4v) is 3.81. The summed E-state index contributed by atoms with van der Waals surface area (Å²) in [5, 5.41) is 0. The molecule has 2 aliphatic carbocycles. The quantitative estimate of drug-likeness (QED) is 0.667. The highest BCUT2D eigenvalue weighted by atomic mass is 16.1. The zero-order valence-corrected chi connectivity index (χ0v) is 11.0. The summed E-state index contributed by atoms with van der Waals surface area (Å²) in [5.74, 6) is 1.42. The first kappa shape index (κ1) is 12.0. The van der Waals surface area contributed by atoms with Crippen molar-refractivity contribution in [3.63, 3.8) is 0 Å². The zero-order chi connectivity index (χ0) is 12.4. The molecule has 3 rings (SSSR count). The lowest BCUT2D eigenvalue weighted by Gasteiger charge is -2.28. The predicted octanol–water partition coefficient (Wildman–Crippen LogP) is 4.40. The van der Waals surface area contributed by atoms with E-state index in [1.165, 1.54) is 44.1 Å². The molecule has 0 radical (unpaired) electrons. The van der Waals surface area contributed by atoms with Crippen molar-refractivity contribution < 1.29 is 4.79 Å². The molecule has 0 heterocycles. The second-order valence-corrected chi connectivity index (χ2v) is 5.92. The summed E-state index contributed by atoms with van der Waals surface area (Å²) in [4.78, 5) is 12.7. The summed E-state index contributed by atoms with van der Waals surface area (Å²) in [6.07, 6.45) is 9.96. The molecular weight excluding hydrogens is 220 g/mol. The van der Waals surface area contributed by atoms with E-state index in [4.69, 9.17) is 0 Å². The van der Waals surface area contributed by atoms with Crippen molar-refractivity contribution in [1.82, 2.24) is 0 Å². The third-order valence-corrected chi connectivity index (χ3v) is 4.80. The molecule has 1 atom stereocenters. The molecule has 0 N–H and O–H groups in total. The average molecular weight is 242 g/mol. The van der Waals surface area contributed by atoms with Crippen LogP contribution in [0.2, 0.25) is 0 Å². The van der Waals surface area contributed by atoms with Crippen molar-refractivity contribution >= 4 is 5.78 Å². The lowest BCUT2D eigenvalue weighted by Crippen LogP contribution is -2.25. The first-order valence-electron chi connectivity index (χ1n) is 7.48. The van der Waals surface area contributed by atoms with Gasteiger partial charge in [0, 0.05) is 11.5 Å². The topological polar surface area (TPSA) is 17.1 Å². The summed E-state index contributed by atoms with van der Waals surface area (Å²) in [5.41, 5.74) is 2.30. The Balaban J connectivity index is 1.86. The molecule has 0 aromatic heterocycles. The summed E-state index contributed by atoms with van der Waals surface area (Å²) in [6.45, 7) is 0. The fraction of sp³-hybridized carbons (Fsp3) is 0.588. The number of carbonyl (C=O) groups is 1. The molecule has 0 bridgehead atoms. The average Bonchev–Trinajstić information content (AvgIpc) is 2.60. The Labute approximate surface area is 110 Å². The van der Waals surface area contributed by atoms with Gasteiger partial charge >= 0.3 is 0 Å². The van der Waals surface area contributed by atoms with Gasteiger partial charge in [-0.25, -0.2) is 0 Å². The number of fused-ring (bicyclic) bond motifs is 1. The number of benzene rings is 1. The molecule has 2 aliphatic rings. The normalized spacial score (nSPS) is 25.6. The van der Waals surface area contributed by atoms with E-state index in [0.717, 1.165) is 18.4 Å². The fourth-order valence-electron chi connectivity index (χ4n) is 3.81. The Morgan fingerprint density at radius 2 is 1.67 bits per heavy atom. The predicted molar refractivity (Wildman–Crippen MR) is 73.8 cm³/mol. The van der Waals surface area contributed by atoms with E-state index in [2.05, 4.69) is 12.1 Å². The molecule has 1 aromatic rings. The third-order valence-electron chi connectivity index (χ3n) is 4.80. The number of carbonyl (C=O) groups excluding carboxylic acids is 1. The van der Waals surface area contributed by atoms with Crippen molar-refractivity contribution in [2.45, 2.75) is 51.4 Å². The summed E-state index contributed by atoms with van der Waals surface area (Å²) >= 11 is 0. The summed E-state index contributed by atoms with van der Waals surface area (Å²) in [6, 6.07) is 8.25. The van der Waals surface area contributed by atoms with Gasteiger partial charge in [0.2, 0.25) is 0 Å². The summed E-state index contributed by atoms with van der Waals surface area (Å²) in [7, 11) is 0. The Bertz CT molecular complexity index is 429. The number of Topliss-reactive ketones (excluding diaryl/α,β-unsaturated/α-hetero) is 1. The first-order chi connectivity index (χ1) is 8.86. The van der Waals surface area contributed by atoms with Gasteiger partial charge < -0.3 is 0 Å². The maximum Gasteiger partial charge on any atom is 0.166 e. The number of hydrogen-bond acceptors (Lipinski definition) is 1. The van der Waals surface area contributed by atoms with Gasteiger partial charge in [0.05, 0.1) is 0 Å². The van der Waals surface area contributed by atoms with Gasteiger partial charge in [0.25, 0.3) is 0 Å². The van der Waals surface area contributed by atoms with Gasteiger partial charge in [-0.2, -0.15) is 0 Å². The van der Waals surface area contributed by atoms with Crippen LogP contribution in [0.15, 0.2) is 24.3 Å². The number of rotatable bonds is 1. The van der Waals surface area contributed by atoms with Crippen molar-refractivity contribution in [2.24, 2.45) is 11.8 Å². The molecule has 1 nitrogen and oxygen atoms in total. The monoisotopic (exact) mass is 242 g/mol. The van der Waals surface area contributed by atoms with Crippen LogP contribution < -0.4 is 0 Å². The number of hydrogen-bond donors (Lipinski definition) is 0. The van der Waals surface area contributed by atoms with Crippen LogP contribution in [0.25, 0.3) is 0 Å². The van der Waals surface area contributed by atoms with Crippen LogP contribution in [0.1, 0.15) is 60.9 Å². The Kier molecular flexibility index (Phi) is 3.49. The van der Waals surface area contributed by atoms with Crippen LogP contribution in [0.5, 0.6) is 0 Å². The Morgan fingerprint density at radius 3 is 2.50 bits per heavy atom. The van der Waals surface area contributed by atoms with Crippen LogP contribution in [0.4, 0.5) is 0 Å². The zero-order valence-electron chi connectivity index (χ0n) is 11.0. The first-order valence-corrected chi connectivity index (χ1v) is 7.48. The van der Waals surface area contributed by atoms with Crippen molar-refractivity contribution in [3.8, 4) is 0 Å². The minimum absolute atomic E-state index is 0.314. The molecule has 1 unspecified atom stereocenters. The molecular formula is C17H22O. The van der Waals surface area contributed by atoms with Crippen LogP contribution in [0.3, 0.4) is 0 Å². The second kappa shape index (κ2) is 5.26. The van der Waals surface area contributed by atoms with Crippen LogP contribution >= 0.6 is 0 Å². The van der Waals surface area contributed by atoms with Gasteiger partial charge in [-0.3, -0.25) is 4.79 Å². The van der Waals surface area contributed by atoms with Gasteiger partial charge in [0.1, 0.15) is 0 Å². The molecule has 1 heteroatoms. The molecule has 0 saturated heterocycles. The lowest BCUT2D eigenvalue weighted by atomic mass is 9.75. The molecule has 0 spiro atoms. The number of aryl methyl sites for hydroxylation is 1. The maximum absolute atomic E-state index is 12.7. The van der Waals surface area contributed by atoms with E-state index in [0.29, 0.717) is 17.6 Å². The Morgan fingerprint density at radius 1 is 0.889 bits per heavy atom. The maximum atomic E-state index is 12.7. The highest BCUT2D eigenvalue weighted by molar-refractivity contribution is 5.99. The highest BCUT2D eigenvalue weighted by Gasteiger charge is 2.32. The van der Waals surface area contributed by atoms with Crippen molar-refractivity contribution in [2.75, 3.05) is 0 Å². The van der Waals surface area contributed by atoms with E-state index in [9.17, 15) is 4.79 Å². The van der Waals surface area contributed by atoms with Crippen LogP contribution in [0, 0.1) is 11.8 Å². The largest absolute Gasteiger partial charge is 0.294 e. The lowest BCUT2D eigenvalue weighted by molar-refractivity contribution is 0.0837. The SMILES string of the molecule is O=C1c2ccccc2CCCC1C1CCCCC1. The van der Waals surface area contributed by atoms with Crippen molar-refractivity contribution in [3.05, 3.63) is 35.4 Å². The van der Waals surface area contributed by atoms with Gasteiger partial charge in [-0.15, -0.1) is 0 Å². The summed E-state index contributed by atoms with van der Waals surface area (Å²) < 4.78 is 0. The van der Waals surface area contributed by atoms with E-state index >= 15 is 0 Å². The minimum atomic E-state index is 0.314. The molecule has 1 fully saturated rings. The molecule has 18 heavy (non-hydrogen) atoms. The highest BCUT2D eigenvalue weighted by Crippen LogP contribution is 2.36. The number of ketones is 1. The standard InChI is InChI=1S/C17H22O/c18-17-15-11-5-4-9-14(15)10-6-12-16(17)13-7-2-1-3-8-13/h4-5,9,11,13,16H,1-3,6-8,10,12H2. The Hall–Kier alpha value is -1.11. The van der Waals surface area contributed by atoms with Gasteiger partial charge in [-0.05, 0) is 43.6 Å². The van der Waals surface area contributed by atoms with E-state index < -0.39 is 0 Å². The smallest absolute Gasteiger partial charge is 0.166 e. The third kappa shape index (κ3) is 2.23. The minimum Gasteiger partial charge on any atom is -0.294 e. The van der Waals surface area contributed by atoms with E-state index in [-0.39, 0.29) is 0 Å². The second-order valence-electron chi connectivity index (χ2n) is 5.92. The molecule has 1 aromatic carbocycles. The van der Waals surface area contributed by atoms with Gasteiger partial charge in [0.15, 0.2) is 5.78 Å². The van der Waals surface area contributed by atoms with Crippen LogP contribution in [-0.2, 0) is 6.42 Å². The van der Waals surface area contributed by atoms with Crippen molar-refractivity contribution in [1.29, 1.82) is 0 Å². The molecule has 96 valence electrons. The van der Waals surface area contributed by atoms with E-state index in [1.54, 1.807) is 0 Å².